The van der Waals surface area contributed by atoms with E-state index in [4.69, 9.17) is 5.73 Å². The molecule has 2 rings (SSSR count). The predicted octanol–water partition coefficient (Wildman–Crippen LogP) is 4.39. The number of ketones is 1. The third-order valence-corrected chi connectivity index (χ3v) is 5.69. The molecule has 0 aliphatic rings. The number of aryl methyl sites for hydroxylation is 1. The van der Waals surface area contributed by atoms with E-state index in [0.29, 0.717) is 16.1 Å². The molecular formula is C12H9Br2NOS. The van der Waals surface area contributed by atoms with Crippen molar-refractivity contribution < 1.29 is 4.79 Å². The van der Waals surface area contributed by atoms with Gasteiger partial charge in [0, 0.05) is 15.7 Å². The number of carbonyl (C=O) groups is 1. The Kier molecular flexibility index (Phi) is 3.70. The van der Waals surface area contributed by atoms with Crippen molar-refractivity contribution >= 4 is 54.7 Å². The second-order valence-electron chi connectivity index (χ2n) is 3.60. The number of nitrogens with two attached hydrogens (primary N) is 1. The van der Waals surface area contributed by atoms with Crippen molar-refractivity contribution in [3.8, 4) is 0 Å². The maximum absolute atomic E-state index is 12.3. The predicted molar refractivity (Wildman–Crippen MR) is 78.7 cm³/mol. The smallest absolute Gasteiger partial charge is 0.205 e. The molecule has 0 saturated heterocycles. The van der Waals surface area contributed by atoms with Gasteiger partial charge in [-0.05, 0) is 56.5 Å². The number of benzene rings is 1. The number of rotatable bonds is 2. The molecule has 2 aromatic rings. The zero-order valence-corrected chi connectivity index (χ0v) is 12.9. The Labute approximate surface area is 120 Å². The summed E-state index contributed by atoms with van der Waals surface area (Å²) < 4.78 is 1.80. The summed E-state index contributed by atoms with van der Waals surface area (Å²) in [6, 6.07) is 7.30. The van der Waals surface area contributed by atoms with E-state index in [-0.39, 0.29) is 5.78 Å². The van der Waals surface area contributed by atoms with Crippen LogP contribution in [0.1, 0.15) is 20.8 Å². The average molecular weight is 375 g/mol. The molecule has 1 aromatic heterocycles. The first-order valence-electron chi connectivity index (χ1n) is 4.85. The van der Waals surface area contributed by atoms with Crippen LogP contribution in [0, 0.1) is 6.92 Å². The summed E-state index contributed by atoms with van der Waals surface area (Å²) in [6.07, 6.45) is 0. The standard InChI is InChI=1S/C12H9Br2NOS/c1-6-3-2-4-7(10(6)15)11(16)9-5-8(13)12(14)17-9/h2-5H,15H2,1H3. The zero-order valence-electron chi connectivity index (χ0n) is 8.96. The van der Waals surface area contributed by atoms with Gasteiger partial charge in [0.2, 0.25) is 5.78 Å². The Morgan fingerprint density at radius 2 is 2.06 bits per heavy atom. The first-order chi connectivity index (χ1) is 8.00. The van der Waals surface area contributed by atoms with E-state index in [9.17, 15) is 4.79 Å². The van der Waals surface area contributed by atoms with E-state index >= 15 is 0 Å². The van der Waals surface area contributed by atoms with Crippen molar-refractivity contribution in [2.45, 2.75) is 6.92 Å². The van der Waals surface area contributed by atoms with Gasteiger partial charge < -0.3 is 5.73 Å². The number of hydrogen-bond donors (Lipinski definition) is 1. The third kappa shape index (κ3) is 2.46. The fourth-order valence-electron chi connectivity index (χ4n) is 1.47. The van der Waals surface area contributed by atoms with Crippen LogP contribution in [0.3, 0.4) is 0 Å². The molecule has 2 N–H and O–H groups in total. The Morgan fingerprint density at radius 1 is 1.35 bits per heavy atom. The van der Waals surface area contributed by atoms with E-state index in [1.165, 1.54) is 11.3 Å². The van der Waals surface area contributed by atoms with Gasteiger partial charge >= 0.3 is 0 Å². The normalized spacial score (nSPS) is 10.5. The first kappa shape index (κ1) is 12.8. The van der Waals surface area contributed by atoms with Crippen LogP contribution < -0.4 is 5.73 Å². The van der Waals surface area contributed by atoms with Gasteiger partial charge in [0.15, 0.2) is 0 Å². The average Bonchev–Trinajstić information content (AvgIpc) is 2.62. The molecule has 0 atom stereocenters. The van der Waals surface area contributed by atoms with Gasteiger partial charge in [-0.25, -0.2) is 0 Å². The SMILES string of the molecule is Cc1cccc(C(=O)c2cc(Br)c(Br)s2)c1N. The van der Waals surface area contributed by atoms with Crippen LogP contribution in [-0.2, 0) is 0 Å². The van der Waals surface area contributed by atoms with Gasteiger partial charge in [0.25, 0.3) is 0 Å². The van der Waals surface area contributed by atoms with E-state index < -0.39 is 0 Å². The lowest BCUT2D eigenvalue weighted by Crippen LogP contribution is -2.04. The maximum Gasteiger partial charge on any atom is 0.205 e. The largest absolute Gasteiger partial charge is 0.398 e. The van der Waals surface area contributed by atoms with Crippen LogP contribution in [0.25, 0.3) is 0 Å². The maximum atomic E-state index is 12.3. The molecule has 0 aliphatic carbocycles. The minimum Gasteiger partial charge on any atom is -0.398 e. The lowest BCUT2D eigenvalue weighted by molar-refractivity contribution is 0.104. The summed E-state index contributed by atoms with van der Waals surface area (Å²) in [5.74, 6) is -0.0393. The third-order valence-electron chi connectivity index (χ3n) is 2.44. The summed E-state index contributed by atoms with van der Waals surface area (Å²) in [4.78, 5) is 12.9. The molecule has 0 radical (unpaired) electrons. The molecule has 0 spiro atoms. The van der Waals surface area contributed by atoms with Gasteiger partial charge in [-0.1, -0.05) is 12.1 Å². The molecule has 17 heavy (non-hydrogen) atoms. The number of nitrogen functional groups attached to an aromatic ring is 1. The molecule has 1 heterocycles. The Bertz CT molecular complexity index is 573. The summed E-state index contributed by atoms with van der Waals surface area (Å²) in [7, 11) is 0. The van der Waals surface area contributed by atoms with Crippen LogP contribution in [0.5, 0.6) is 0 Å². The Morgan fingerprint density at radius 3 is 2.65 bits per heavy atom. The number of para-hydroxylation sites is 1. The number of carbonyl (C=O) groups excluding carboxylic acids is 1. The van der Waals surface area contributed by atoms with Crippen molar-refractivity contribution in [3.05, 3.63) is 48.5 Å². The fourth-order valence-corrected chi connectivity index (χ4v) is 3.46. The Hall–Kier alpha value is -0.650. The quantitative estimate of drug-likeness (QED) is 0.625. The minimum atomic E-state index is -0.0393. The molecule has 0 bridgehead atoms. The zero-order chi connectivity index (χ0) is 12.6. The number of thiophene rings is 1. The van der Waals surface area contributed by atoms with Crippen molar-refractivity contribution in [1.29, 1.82) is 0 Å². The van der Waals surface area contributed by atoms with E-state index in [1.54, 1.807) is 12.1 Å². The van der Waals surface area contributed by atoms with Crippen molar-refractivity contribution in [3.63, 3.8) is 0 Å². The van der Waals surface area contributed by atoms with Gasteiger partial charge in [0.1, 0.15) is 0 Å². The highest BCUT2D eigenvalue weighted by Crippen LogP contribution is 2.34. The fraction of sp³-hybridized carbons (Fsp3) is 0.0833. The van der Waals surface area contributed by atoms with Crippen LogP contribution in [0.2, 0.25) is 0 Å². The number of anilines is 1. The van der Waals surface area contributed by atoms with Gasteiger partial charge in [0.05, 0.1) is 8.66 Å². The van der Waals surface area contributed by atoms with Gasteiger partial charge in [-0.3, -0.25) is 4.79 Å². The highest BCUT2D eigenvalue weighted by molar-refractivity contribution is 9.13. The molecule has 0 fully saturated rings. The summed E-state index contributed by atoms with van der Waals surface area (Å²) in [6.45, 7) is 1.90. The van der Waals surface area contributed by atoms with E-state index in [0.717, 1.165) is 13.8 Å². The van der Waals surface area contributed by atoms with Crippen LogP contribution in [0.4, 0.5) is 5.69 Å². The highest BCUT2D eigenvalue weighted by Gasteiger charge is 2.16. The van der Waals surface area contributed by atoms with Crippen LogP contribution in [0.15, 0.2) is 32.5 Å². The molecule has 1 aromatic carbocycles. The number of halogens is 2. The summed E-state index contributed by atoms with van der Waals surface area (Å²) in [5.41, 5.74) is 7.96. The van der Waals surface area contributed by atoms with E-state index in [2.05, 4.69) is 31.9 Å². The second kappa shape index (κ2) is 4.92. The summed E-state index contributed by atoms with van der Waals surface area (Å²) >= 11 is 8.14. The molecule has 0 unspecified atom stereocenters. The summed E-state index contributed by atoms with van der Waals surface area (Å²) in [5, 5.41) is 0. The lowest BCUT2D eigenvalue weighted by atomic mass is 10.0. The van der Waals surface area contributed by atoms with Crippen molar-refractivity contribution in [2.24, 2.45) is 0 Å². The van der Waals surface area contributed by atoms with E-state index in [1.807, 2.05) is 19.1 Å². The van der Waals surface area contributed by atoms with Crippen molar-refractivity contribution in [1.82, 2.24) is 0 Å². The molecule has 88 valence electrons. The first-order valence-corrected chi connectivity index (χ1v) is 7.25. The highest BCUT2D eigenvalue weighted by atomic mass is 79.9. The van der Waals surface area contributed by atoms with Gasteiger partial charge in [-0.2, -0.15) is 0 Å². The topological polar surface area (TPSA) is 43.1 Å². The molecule has 5 heteroatoms. The molecule has 0 aliphatic heterocycles. The minimum absolute atomic E-state index is 0.0393. The second-order valence-corrected chi connectivity index (χ2v) is 6.82. The monoisotopic (exact) mass is 373 g/mol. The number of hydrogen-bond acceptors (Lipinski definition) is 3. The van der Waals surface area contributed by atoms with Crippen LogP contribution >= 0.6 is 43.2 Å². The molecule has 2 nitrogen and oxygen atoms in total. The van der Waals surface area contributed by atoms with Crippen LogP contribution in [-0.4, -0.2) is 5.78 Å². The van der Waals surface area contributed by atoms with Gasteiger partial charge in [-0.15, -0.1) is 11.3 Å². The molecule has 0 amide bonds. The Balaban J connectivity index is 2.47. The molecule has 0 saturated carbocycles. The van der Waals surface area contributed by atoms with Crippen molar-refractivity contribution in [2.75, 3.05) is 5.73 Å². The lowest BCUT2D eigenvalue weighted by Gasteiger charge is -2.05. The molecular weight excluding hydrogens is 366 g/mol.